The molecule has 0 saturated heterocycles. The normalized spacial score (nSPS) is 11.5. The SMILES string of the molecule is Cc1ccc(-c2csc(NC(=O)CSc3nnc(COc4cccc(C(F)(F)F)c4)n3C)n2)cc1C. The molecule has 4 aromatic rings. The standard InChI is InChI=1S/C24H22F3N5O2S2/c1-14-7-8-16(9-15(14)2)19-12-35-22(28-19)29-21(33)13-36-23-31-30-20(32(23)3)11-34-18-6-4-5-17(10-18)24(25,26)27/h4-10,12H,11,13H2,1-3H3,(H,28,29,33). The number of hydrogen-bond acceptors (Lipinski definition) is 7. The van der Waals surface area contributed by atoms with Gasteiger partial charge >= 0.3 is 6.18 Å². The summed E-state index contributed by atoms with van der Waals surface area (Å²) in [5.74, 6) is 0.322. The summed E-state index contributed by atoms with van der Waals surface area (Å²) in [5.41, 5.74) is 3.37. The number of thiazole rings is 1. The number of nitrogens with one attached hydrogen (secondary N) is 1. The molecule has 1 N–H and O–H groups in total. The van der Waals surface area contributed by atoms with Gasteiger partial charge in [-0.05, 0) is 49.2 Å². The summed E-state index contributed by atoms with van der Waals surface area (Å²) in [7, 11) is 1.70. The summed E-state index contributed by atoms with van der Waals surface area (Å²) < 4.78 is 45.7. The third-order valence-electron chi connectivity index (χ3n) is 5.34. The van der Waals surface area contributed by atoms with Crippen molar-refractivity contribution < 1.29 is 22.7 Å². The highest BCUT2D eigenvalue weighted by molar-refractivity contribution is 7.99. The van der Waals surface area contributed by atoms with E-state index in [9.17, 15) is 18.0 Å². The summed E-state index contributed by atoms with van der Waals surface area (Å²) in [6.07, 6.45) is -4.45. The van der Waals surface area contributed by atoms with Crippen molar-refractivity contribution in [2.45, 2.75) is 31.8 Å². The molecular weight excluding hydrogens is 511 g/mol. The van der Waals surface area contributed by atoms with Gasteiger partial charge in [-0.1, -0.05) is 30.0 Å². The molecule has 36 heavy (non-hydrogen) atoms. The molecule has 2 heterocycles. The average Bonchev–Trinajstić information content (AvgIpc) is 3.44. The molecule has 1 amide bonds. The van der Waals surface area contributed by atoms with Crippen LogP contribution in [0.5, 0.6) is 5.75 Å². The number of aryl methyl sites for hydroxylation is 2. The van der Waals surface area contributed by atoms with Gasteiger partial charge in [0.15, 0.2) is 16.1 Å². The maximum atomic E-state index is 12.9. The van der Waals surface area contributed by atoms with E-state index in [0.717, 1.165) is 23.4 Å². The lowest BCUT2D eigenvalue weighted by Gasteiger charge is -2.10. The average molecular weight is 534 g/mol. The molecule has 12 heteroatoms. The zero-order valence-corrected chi connectivity index (χ0v) is 21.2. The Morgan fingerprint density at radius 1 is 1.14 bits per heavy atom. The summed E-state index contributed by atoms with van der Waals surface area (Å²) in [6.45, 7) is 4.02. The molecule has 0 radical (unpaired) electrons. The summed E-state index contributed by atoms with van der Waals surface area (Å²) in [6, 6.07) is 10.7. The minimum Gasteiger partial charge on any atom is -0.486 e. The van der Waals surface area contributed by atoms with Crippen molar-refractivity contribution in [3.8, 4) is 17.0 Å². The van der Waals surface area contributed by atoms with Gasteiger partial charge in [-0.2, -0.15) is 13.2 Å². The van der Waals surface area contributed by atoms with Gasteiger partial charge in [-0.3, -0.25) is 4.79 Å². The predicted molar refractivity (Wildman–Crippen MR) is 133 cm³/mol. The van der Waals surface area contributed by atoms with Crippen LogP contribution >= 0.6 is 23.1 Å². The van der Waals surface area contributed by atoms with E-state index in [1.807, 2.05) is 31.4 Å². The Hall–Kier alpha value is -3.38. The van der Waals surface area contributed by atoms with Crippen LogP contribution in [-0.2, 0) is 24.6 Å². The smallest absolute Gasteiger partial charge is 0.416 e. The second kappa shape index (κ2) is 10.7. The van der Waals surface area contributed by atoms with E-state index in [4.69, 9.17) is 4.74 Å². The molecule has 4 rings (SSSR count). The lowest BCUT2D eigenvalue weighted by Crippen LogP contribution is -2.14. The summed E-state index contributed by atoms with van der Waals surface area (Å²) in [5, 5.41) is 13.7. The van der Waals surface area contributed by atoms with Gasteiger partial charge in [0.1, 0.15) is 12.4 Å². The van der Waals surface area contributed by atoms with E-state index < -0.39 is 11.7 Å². The minimum atomic E-state index is -4.45. The van der Waals surface area contributed by atoms with Crippen molar-refractivity contribution in [1.29, 1.82) is 0 Å². The third-order valence-corrected chi connectivity index (χ3v) is 7.12. The first kappa shape index (κ1) is 25.7. The first-order valence-corrected chi connectivity index (χ1v) is 12.6. The number of aromatic nitrogens is 4. The van der Waals surface area contributed by atoms with Gasteiger partial charge in [0.05, 0.1) is 17.0 Å². The van der Waals surface area contributed by atoms with E-state index in [1.54, 1.807) is 11.6 Å². The number of hydrogen-bond donors (Lipinski definition) is 1. The van der Waals surface area contributed by atoms with Gasteiger partial charge in [0, 0.05) is 18.0 Å². The number of carbonyl (C=O) groups excluding carboxylic acids is 1. The summed E-state index contributed by atoms with van der Waals surface area (Å²) in [4.78, 5) is 16.9. The molecule has 0 spiro atoms. The number of anilines is 1. The Kier molecular flexibility index (Phi) is 7.65. The van der Waals surface area contributed by atoms with Crippen LogP contribution in [0.2, 0.25) is 0 Å². The lowest BCUT2D eigenvalue weighted by atomic mass is 10.1. The molecule has 0 aliphatic heterocycles. The van der Waals surface area contributed by atoms with E-state index in [0.29, 0.717) is 16.1 Å². The molecule has 0 fully saturated rings. The van der Waals surface area contributed by atoms with Crippen LogP contribution in [0.4, 0.5) is 18.3 Å². The number of thioether (sulfide) groups is 1. The largest absolute Gasteiger partial charge is 0.486 e. The molecule has 0 saturated carbocycles. The maximum Gasteiger partial charge on any atom is 0.416 e. The number of alkyl halides is 3. The zero-order valence-electron chi connectivity index (χ0n) is 19.6. The Morgan fingerprint density at radius 2 is 1.94 bits per heavy atom. The van der Waals surface area contributed by atoms with E-state index in [-0.39, 0.29) is 24.0 Å². The van der Waals surface area contributed by atoms with E-state index >= 15 is 0 Å². The Bertz CT molecular complexity index is 1380. The van der Waals surface area contributed by atoms with Gasteiger partial charge in [0.2, 0.25) is 5.91 Å². The third kappa shape index (κ3) is 6.24. The molecule has 0 unspecified atom stereocenters. The summed E-state index contributed by atoms with van der Waals surface area (Å²) >= 11 is 2.53. The van der Waals surface area contributed by atoms with Crippen LogP contribution in [-0.4, -0.2) is 31.4 Å². The molecule has 2 aromatic carbocycles. The number of benzene rings is 2. The molecule has 2 aromatic heterocycles. The first-order valence-electron chi connectivity index (χ1n) is 10.7. The Balaban J connectivity index is 1.30. The number of ether oxygens (including phenoxy) is 1. The zero-order chi connectivity index (χ0) is 25.9. The Morgan fingerprint density at radius 3 is 2.69 bits per heavy atom. The van der Waals surface area contributed by atoms with Crippen LogP contribution in [0.1, 0.15) is 22.5 Å². The molecular formula is C24H22F3N5O2S2. The highest BCUT2D eigenvalue weighted by Gasteiger charge is 2.30. The molecule has 0 atom stereocenters. The van der Waals surface area contributed by atoms with E-state index in [2.05, 4.69) is 26.6 Å². The number of halogens is 3. The van der Waals surface area contributed by atoms with Crippen LogP contribution in [0.25, 0.3) is 11.3 Å². The topological polar surface area (TPSA) is 81.9 Å². The lowest BCUT2D eigenvalue weighted by molar-refractivity contribution is -0.137. The van der Waals surface area contributed by atoms with Crippen molar-refractivity contribution >= 4 is 34.1 Å². The quantitative estimate of drug-likeness (QED) is 0.285. The van der Waals surface area contributed by atoms with Crippen LogP contribution in [0, 0.1) is 13.8 Å². The second-order valence-electron chi connectivity index (χ2n) is 7.95. The Labute approximate surface area is 213 Å². The van der Waals surface area contributed by atoms with Gasteiger partial charge in [0.25, 0.3) is 0 Å². The number of carbonyl (C=O) groups is 1. The highest BCUT2D eigenvalue weighted by Crippen LogP contribution is 2.31. The fourth-order valence-corrected chi connectivity index (χ4v) is 4.62. The van der Waals surface area contributed by atoms with Gasteiger partial charge in [-0.25, -0.2) is 4.98 Å². The molecule has 7 nitrogen and oxygen atoms in total. The van der Waals surface area contributed by atoms with Gasteiger partial charge < -0.3 is 14.6 Å². The fourth-order valence-electron chi connectivity index (χ4n) is 3.16. The number of rotatable bonds is 8. The van der Waals surface area contributed by atoms with Crippen LogP contribution in [0.3, 0.4) is 0 Å². The second-order valence-corrected chi connectivity index (χ2v) is 9.75. The number of nitrogens with zero attached hydrogens (tertiary/aromatic N) is 4. The van der Waals surface area contributed by atoms with Crippen molar-refractivity contribution in [2.24, 2.45) is 7.05 Å². The number of amides is 1. The van der Waals surface area contributed by atoms with E-state index in [1.165, 1.54) is 46.4 Å². The molecule has 0 aliphatic carbocycles. The highest BCUT2D eigenvalue weighted by atomic mass is 32.2. The van der Waals surface area contributed by atoms with Crippen molar-refractivity contribution in [1.82, 2.24) is 19.7 Å². The van der Waals surface area contributed by atoms with Crippen molar-refractivity contribution in [3.05, 3.63) is 70.4 Å². The fraction of sp³-hybridized carbons (Fsp3) is 0.250. The van der Waals surface area contributed by atoms with Crippen molar-refractivity contribution in [2.75, 3.05) is 11.1 Å². The van der Waals surface area contributed by atoms with Crippen LogP contribution in [0.15, 0.2) is 53.0 Å². The molecule has 0 bridgehead atoms. The predicted octanol–water partition coefficient (Wildman–Crippen LogP) is 5.88. The molecule has 0 aliphatic rings. The maximum absolute atomic E-state index is 12.9. The van der Waals surface area contributed by atoms with Gasteiger partial charge in [-0.15, -0.1) is 21.5 Å². The monoisotopic (exact) mass is 533 g/mol. The van der Waals surface area contributed by atoms with Crippen molar-refractivity contribution in [3.63, 3.8) is 0 Å². The first-order chi connectivity index (χ1) is 17.1. The molecule has 188 valence electrons. The van der Waals surface area contributed by atoms with Crippen LogP contribution < -0.4 is 10.1 Å². The minimum absolute atomic E-state index is 0.0715.